The van der Waals surface area contributed by atoms with Gasteiger partial charge in [0, 0.05) is 17.1 Å². The maximum absolute atomic E-state index is 12.8. The number of nitrogens with zero attached hydrogens (tertiary/aromatic N) is 2. The average Bonchev–Trinajstić information content (AvgIpc) is 3.12. The van der Waals surface area contributed by atoms with E-state index < -0.39 is 0 Å². The van der Waals surface area contributed by atoms with Crippen molar-refractivity contribution in [3.8, 4) is 0 Å². The molecule has 32 heavy (non-hydrogen) atoms. The first-order valence-electron chi connectivity index (χ1n) is 10.8. The van der Waals surface area contributed by atoms with E-state index in [0.717, 1.165) is 16.9 Å². The summed E-state index contributed by atoms with van der Waals surface area (Å²) >= 11 is 5.95. The Hall–Kier alpha value is -3.11. The standard InChI is InChI=1S/C27H28ClN3O/c1-18(29-26(32)20-11-15-22(28)16-12-20)25-30-23-7-5-6-8-24(23)31(25)17-19-9-13-21(14-10-19)27(2,3)4/h5-16,18H,17H2,1-4H3,(H,29,32). The van der Waals surface area contributed by atoms with Gasteiger partial charge in [0.15, 0.2) is 0 Å². The molecule has 4 aromatic rings. The van der Waals surface area contributed by atoms with Crippen LogP contribution in [-0.2, 0) is 12.0 Å². The van der Waals surface area contributed by atoms with Crippen LogP contribution < -0.4 is 5.32 Å². The zero-order valence-electron chi connectivity index (χ0n) is 18.9. The van der Waals surface area contributed by atoms with Gasteiger partial charge in [-0.15, -0.1) is 0 Å². The number of benzene rings is 3. The number of amides is 1. The third kappa shape index (κ3) is 4.71. The van der Waals surface area contributed by atoms with E-state index in [0.29, 0.717) is 17.1 Å². The van der Waals surface area contributed by atoms with Crippen LogP contribution in [0.1, 0.15) is 61.0 Å². The van der Waals surface area contributed by atoms with Crippen molar-refractivity contribution < 1.29 is 4.79 Å². The Morgan fingerprint density at radius 3 is 2.31 bits per heavy atom. The predicted octanol–water partition coefficient (Wildman–Crippen LogP) is 6.53. The molecule has 0 saturated carbocycles. The van der Waals surface area contributed by atoms with Crippen molar-refractivity contribution in [3.05, 3.63) is 100 Å². The van der Waals surface area contributed by atoms with Gasteiger partial charge >= 0.3 is 0 Å². The van der Waals surface area contributed by atoms with Gasteiger partial charge < -0.3 is 9.88 Å². The van der Waals surface area contributed by atoms with Crippen molar-refractivity contribution in [1.29, 1.82) is 0 Å². The van der Waals surface area contributed by atoms with Crippen molar-refractivity contribution in [1.82, 2.24) is 14.9 Å². The summed E-state index contributed by atoms with van der Waals surface area (Å²) in [7, 11) is 0. The van der Waals surface area contributed by atoms with Crippen LogP contribution in [0.25, 0.3) is 11.0 Å². The summed E-state index contributed by atoms with van der Waals surface area (Å²) in [6.45, 7) is 9.30. The summed E-state index contributed by atoms with van der Waals surface area (Å²) in [5.41, 5.74) is 5.16. The van der Waals surface area contributed by atoms with Crippen molar-refractivity contribution in [2.75, 3.05) is 0 Å². The Bertz CT molecular complexity index is 1230. The summed E-state index contributed by atoms with van der Waals surface area (Å²) in [5, 5.41) is 3.69. The van der Waals surface area contributed by atoms with Gasteiger partial charge in [0.1, 0.15) is 5.82 Å². The molecular formula is C27H28ClN3O. The Morgan fingerprint density at radius 2 is 1.66 bits per heavy atom. The number of hydrogen-bond donors (Lipinski definition) is 1. The average molecular weight is 446 g/mol. The molecule has 1 aromatic heterocycles. The minimum absolute atomic E-state index is 0.117. The molecule has 0 aliphatic heterocycles. The Kier molecular flexibility index (Phi) is 6.07. The first-order valence-corrected chi connectivity index (χ1v) is 11.2. The molecule has 1 heterocycles. The maximum Gasteiger partial charge on any atom is 0.251 e. The fourth-order valence-electron chi connectivity index (χ4n) is 3.83. The van der Waals surface area contributed by atoms with Gasteiger partial charge in [-0.1, -0.05) is 68.8 Å². The van der Waals surface area contributed by atoms with Gasteiger partial charge in [-0.05, 0) is 59.9 Å². The molecule has 1 N–H and O–H groups in total. The van der Waals surface area contributed by atoms with Crippen LogP contribution in [0, 0.1) is 0 Å². The molecule has 0 aliphatic rings. The zero-order chi connectivity index (χ0) is 22.9. The van der Waals surface area contributed by atoms with Crippen LogP contribution in [0.2, 0.25) is 5.02 Å². The first-order chi connectivity index (χ1) is 15.2. The van der Waals surface area contributed by atoms with Gasteiger partial charge in [0.25, 0.3) is 5.91 Å². The Balaban J connectivity index is 1.64. The Labute approximate surface area is 194 Å². The topological polar surface area (TPSA) is 46.9 Å². The minimum atomic E-state index is -0.264. The van der Waals surface area contributed by atoms with Crippen LogP contribution in [0.15, 0.2) is 72.8 Å². The second kappa shape index (κ2) is 8.79. The molecule has 4 nitrogen and oxygen atoms in total. The smallest absolute Gasteiger partial charge is 0.251 e. The van der Waals surface area contributed by atoms with Crippen LogP contribution in [0.3, 0.4) is 0 Å². The summed E-state index contributed by atoms with van der Waals surface area (Å²) in [6, 6.07) is 23.5. The van der Waals surface area contributed by atoms with Crippen LogP contribution in [-0.4, -0.2) is 15.5 Å². The fourth-order valence-corrected chi connectivity index (χ4v) is 3.96. The van der Waals surface area contributed by atoms with E-state index >= 15 is 0 Å². The first kappa shape index (κ1) is 22.1. The van der Waals surface area contributed by atoms with Crippen molar-refractivity contribution in [2.24, 2.45) is 0 Å². The van der Waals surface area contributed by atoms with Gasteiger partial charge in [0.2, 0.25) is 0 Å². The van der Waals surface area contributed by atoms with Crippen LogP contribution in [0.4, 0.5) is 0 Å². The molecule has 0 aliphatic carbocycles. The quantitative estimate of drug-likeness (QED) is 0.379. The maximum atomic E-state index is 12.8. The number of fused-ring (bicyclic) bond motifs is 1. The molecule has 5 heteroatoms. The van der Waals surface area contributed by atoms with Crippen molar-refractivity contribution in [3.63, 3.8) is 0 Å². The molecule has 164 valence electrons. The highest BCUT2D eigenvalue weighted by atomic mass is 35.5. The third-order valence-corrected chi connectivity index (χ3v) is 5.94. The van der Waals surface area contributed by atoms with Gasteiger partial charge in [-0.3, -0.25) is 4.79 Å². The second-order valence-corrected chi connectivity index (χ2v) is 9.63. The van der Waals surface area contributed by atoms with Crippen LogP contribution in [0.5, 0.6) is 0 Å². The summed E-state index contributed by atoms with van der Waals surface area (Å²) in [5.74, 6) is 0.677. The summed E-state index contributed by atoms with van der Waals surface area (Å²) in [6.07, 6.45) is 0. The summed E-state index contributed by atoms with van der Waals surface area (Å²) < 4.78 is 2.19. The van der Waals surface area contributed by atoms with Gasteiger partial charge in [-0.2, -0.15) is 0 Å². The minimum Gasteiger partial charge on any atom is -0.342 e. The lowest BCUT2D eigenvalue weighted by molar-refractivity contribution is 0.0938. The number of carbonyl (C=O) groups excluding carboxylic acids is 1. The number of halogens is 1. The van der Waals surface area contributed by atoms with Gasteiger partial charge in [-0.25, -0.2) is 4.98 Å². The number of para-hydroxylation sites is 2. The molecule has 0 fully saturated rings. The number of imidazole rings is 1. The van der Waals surface area contributed by atoms with Gasteiger partial charge in [0.05, 0.1) is 17.1 Å². The highest BCUT2D eigenvalue weighted by molar-refractivity contribution is 6.30. The van der Waals surface area contributed by atoms with E-state index in [1.807, 2.05) is 25.1 Å². The highest BCUT2D eigenvalue weighted by Crippen LogP contribution is 2.25. The van der Waals surface area contributed by atoms with E-state index in [-0.39, 0.29) is 17.4 Å². The molecular weight excluding hydrogens is 418 g/mol. The second-order valence-electron chi connectivity index (χ2n) is 9.19. The van der Waals surface area contributed by atoms with E-state index in [4.69, 9.17) is 16.6 Å². The molecule has 0 saturated heterocycles. The molecule has 0 bridgehead atoms. The molecule has 3 aromatic carbocycles. The monoisotopic (exact) mass is 445 g/mol. The third-order valence-electron chi connectivity index (χ3n) is 5.69. The van der Waals surface area contributed by atoms with E-state index in [1.54, 1.807) is 24.3 Å². The predicted molar refractivity (Wildman–Crippen MR) is 131 cm³/mol. The lowest BCUT2D eigenvalue weighted by Crippen LogP contribution is -2.28. The lowest BCUT2D eigenvalue weighted by atomic mass is 9.87. The van der Waals surface area contributed by atoms with Crippen molar-refractivity contribution in [2.45, 2.75) is 45.7 Å². The van der Waals surface area contributed by atoms with Crippen LogP contribution >= 0.6 is 11.6 Å². The van der Waals surface area contributed by atoms with E-state index in [2.05, 4.69) is 61.0 Å². The lowest BCUT2D eigenvalue weighted by Gasteiger charge is -2.20. The molecule has 1 amide bonds. The fraction of sp³-hybridized carbons (Fsp3) is 0.259. The highest BCUT2D eigenvalue weighted by Gasteiger charge is 2.20. The van der Waals surface area contributed by atoms with E-state index in [9.17, 15) is 4.79 Å². The summed E-state index contributed by atoms with van der Waals surface area (Å²) in [4.78, 5) is 17.6. The number of hydrogen-bond acceptors (Lipinski definition) is 2. The molecule has 0 radical (unpaired) electrons. The number of nitrogens with one attached hydrogen (secondary N) is 1. The molecule has 0 spiro atoms. The number of carbonyl (C=O) groups is 1. The zero-order valence-corrected chi connectivity index (χ0v) is 19.6. The molecule has 1 unspecified atom stereocenters. The largest absolute Gasteiger partial charge is 0.342 e. The number of rotatable bonds is 5. The SMILES string of the molecule is CC(NC(=O)c1ccc(Cl)cc1)c1nc2ccccc2n1Cc1ccc(C(C)(C)C)cc1. The normalized spacial score (nSPS) is 12.7. The van der Waals surface area contributed by atoms with E-state index in [1.165, 1.54) is 11.1 Å². The molecule has 1 atom stereocenters. The van der Waals surface area contributed by atoms with Crippen molar-refractivity contribution >= 4 is 28.5 Å². The Morgan fingerprint density at radius 1 is 1.00 bits per heavy atom. The molecule has 4 rings (SSSR count). The number of aromatic nitrogens is 2.